The molecule has 0 bridgehead atoms. The lowest BCUT2D eigenvalue weighted by atomic mass is 9.98. The van der Waals surface area contributed by atoms with Crippen LogP contribution in [0.25, 0.3) is 11.1 Å². The average Bonchev–Trinajstić information content (AvgIpc) is 2.97. The summed E-state index contributed by atoms with van der Waals surface area (Å²) in [6.07, 6.45) is -0.590. The van der Waals surface area contributed by atoms with Crippen LogP contribution in [0.1, 0.15) is 44.7 Å². The van der Waals surface area contributed by atoms with Crippen LogP contribution in [0.4, 0.5) is 0 Å². The number of benzene rings is 2. The minimum absolute atomic E-state index is 0.0939. The first-order valence-corrected chi connectivity index (χ1v) is 9.51. The van der Waals surface area contributed by atoms with Crippen LogP contribution < -0.4 is 5.73 Å². The molecule has 0 radical (unpaired) electrons. The van der Waals surface area contributed by atoms with Crippen LogP contribution in [0.3, 0.4) is 0 Å². The number of carbonyl (C=O) groups excluding carboxylic acids is 2. The predicted molar refractivity (Wildman–Crippen MR) is 108 cm³/mol. The molecule has 3 rings (SSSR count). The van der Waals surface area contributed by atoms with Crippen LogP contribution in [-0.2, 0) is 19.1 Å². The highest BCUT2D eigenvalue weighted by Crippen LogP contribution is 2.44. The average molecular weight is 381 g/mol. The maximum Gasteiger partial charge on any atom is 0.376 e. The second kappa shape index (κ2) is 7.86. The van der Waals surface area contributed by atoms with Gasteiger partial charge in [0.15, 0.2) is 0 Å². The Morgan fingerprint density at radius 1 is 1.00 bits per heavy atom. The summed E-state index contributed by atoms with van der Waals surface area (Å²) in [4.78, 5) is 24.7. The number of ketones is 1. The number of ether oxygens (including phenoxy) is 2. The van der Waals surface area contributed by atoms with Gasteiger partial charge in [0.1, 0.15) is 12.6 Å². The van der Waals surface area contributed by atoms with E-state index in [9.17, 15) is 9.59 Å². The Hall–Kier alpha value is -2.50. The van der Waals surface area contributed by atoms with Gasteiger partial charge in [-0.3, -0.25) is 4.79 Å². The van der Waals surface area contributed by atoms with Crippen LogP contribution in [0.5, 0.6) is 0 Å². The SMILES string of the molecule is C[C@@H](OC(C)(C)C)[C@H](N)C(=O)C(=O)OCC1c2ccccc2-c2ccccc21. The summed E-state index contributed by atoms with van der Waals surface area (Å²) >= 11 is 0. The Kier molecular flexibility index (Phi) is 5.68. The summed E-state index contributed by atoms with van der Waals surface area (Å²) in [5, 5.41) is 0. The third kappa shape index (κ3) is 4.16. The Morgan fingerprint density at radius 3 is 2.00 bits per heavy atom. The van der Waals surface area contributed by atoms with E-state index in [-0.39, 0.29) is 12.5 Å². The Labute approximate surface area is 165 Å². The fourth-order valence-corrected chi connectivity index (χ4v) is 3.65. The third-order valence-electron chi connectivity index (χ3n) is 4.89. The van der Waals surface area contributed by atoms with E-state index in [1.807, 2.05) is 57.2 Å². The van der Waals surface area contributed by atoms with E-state index in [1.165, 1.54) is 0 Å². The van der Waals surface area contributed by atoms with Gasteiger partial charge in [-0.2, -0.15) is 0 Å². The number of nitrogens with two attached hydrogens (primary N) is 1. The number of rotatable bonds is 6. The monoisotopic (exact) mass is 381 g/mol. The molecule has 1 aliphatic carbocycles. The predicted octanol–water partition coefficient (Wildman–Crippen LogP) is 3.44. The first-order chi connectivity index (χ1) is 13.2. The minimum Gasteiger partial charge on any atom is -0.459 e. The van der Waals surface area contributed by atoms with Crippen molar-refractivity contribution in [2.75, 3.05) is 6.61 Å². The van der Waals surface area contributed by atoms with E-state index in [2.05, 4.69) is 12.1 Å². The largest absolute Gasteiger partial charge is 0.459 e. The summed E-state index contributed by atoms with van der Waals surface area (Å²) in [5.41, 5.74) is 9.93. The smallest absolute Gasteiger partial charge is 0.376 e. The minimum atomic E-state index is -1.06. The van der Waals surface area contributed by atoms with Crippen molar-refractivity contribution in [3.8, 4) is 11.1 Å². The van der Waals surface area contributed by atoms with Crippen molar-refractivity contribution in [2.24, 2.45) is 5.73 Å². The topological polar surface area (TPSA) is 78.6 Å². The van der Waals surface area contributed by atoms with Crippen molar-refractivity contribution in [3.63, 3.8) is 0 Å². The first kappa shape index (κ1) is 20.2. The van der Waals surface area contributed by atoms with Gasteiger partial charge in [0.05, 0.1) is 11.7 Å². The van der Waals surface area contributed by atoms with E-state index in [0.29, 0.717) is 0 Å². The number of carbonyl (C=O) groups is 2. The lowest BCUT2D eigenvalue weighted by Gasteiger charge is -2.27. The highest BCUT2D eigenvalue weighted by molar-refractivity contribution is 6.35. The van der Waals surface area contributed by atoms with Crippen molar-refractivity contribution in [3.05, 3.63) is 59.7 Å². The molecule has 0 unspecified atom stereocenters. The van der Waals surface area contributed by atoms with E-state index >= 15 is 0 Å². The van der Waals surface area contributed by atoms with Crippen molar-refractivity contribution >= 4 is 11.8 Å². The third-order valence-corrected chi connectivity index (χ3v) is 4.89. The zero-order chi connectivity index (χ0) is 20.5. The van der Waals surface area contributed by atoms with Gasteiger partial charge in [-0.25, -0.2) is 4.79 Å². The summed E-state index contributed by atoms with van der Waals surface area (Å²) in [5.74, 6) is -1.78. The normalized spacial score (nSPS) is 15.5. The zero-order valence-corrected chi connectivity index (χ0v) is 16.8. The number of hydrogen-bond donors (Lipinski definition) is 1. The molecule has 2 atom stereocenters. The lowest BCUT2D eigenvalue weighted by Crippen LogP contribution is -2.48. The molecule has 0 saturated carbocycles. The van der Waals surface area contributed by atoms with Crippen LogP contribution in [0.15, 0.2) is 48.5 Å². The van der Waals surface area contributed by atoms with Crippen molar-refractivity contribution in [2.45, 2.75) is 51.4 Å². The molecule has 0 aromatic heterocycles. The van der Waals surface area contributed by atoms with Gasteiger partial charge in [-0.1, -0.05) is 48.5 Å². The quantitative estimate of drug-likeness (QED) is 0.612. The summed E-state index contributed by atoms with van der Waals surface area (Å²) in [6, 6.07) is 15.0. The van der Waals surface area contributed by atoms with Crippen LogP contribution in [0, 0.1) is 0 Å². The van der Waals surface area contributed by atoms with Gasteiger partial charge in [0.2, 0.25) is 0 Å². The van der Waals surface area contributed by atoms with Gasteiger partial charge in [0.25, 0.3) is 5.78 Å². The van der Waals surface area contributed by atoms with E-state index < -0.39 is 29.5 Å². The molecule has 5 nitrogen and oxygen atoms in total. The number of esters is 1. The lowest BCUT2D eigenvalue weighted by molar-refractivity contribution is -0.157. The molecule has 0 amide bonds. The molecular weight excluding hydrogens is 354 g/mol. The van der Waals surface area contributed by atoms with E-state index in [4.69, 9.17) is 15.2 Å². The highest BCUT2D eigenvalue weighted by Gasteiger charge is 2.33. The molecule has 28 heavy (non-hydrogen) atoms. The molecule has 0 fully saturated rings. The highest BCUT2D eigenvalue weighted by atomic mass is 16.5. The molecule has 2 N–H and O–H groups in total. The van der Waals surface area contributed by atoms with Crippen molar-refractivity contribution < 1.29 is 19.1 Å². The maximum atomic E-state index is 12.4. The van der Waals surface area contributed by atoms with Gasteiger partial charge in [-0.15, -0.1) is 0 Å². The van der Waals surface area contributed by atoms with Gasteiger partial charge in [-0.05, 0) is 49.9 Å². The maximum absolute atomic E-state index is 12.4. The Bertz CT molecular complexity index is 839. The van der Waals surface area contributed by atoms with Gasteiger partial charge >= 0.3 is 5.97 Å². The van der Waals surface area contributed by atoms with Crippen molar-refractivity contribution in [1.29, 1.82) is 0 Å². The molecule has 148 valence electrons. The van der Waals surface area contributed by atoms with E-state index in [0.717, 1.165) is 22.3 Å². The standard InChI is InChI=1S/C23H27NO4/c1-14(28-23(2,3)4)20(24)21(25)22(26)27-13-19-17-11-7-5-9-15(17)16-10-6-8-12-18(16)19/h5-12,14,19-20H,13,24H2,1-4H3/t14-,20+/m1/s1. The molecule has 0 spiro atoms. The summed E-state index contributed by atoms with van der Waals surface area (Å²) in [7, 11) is 0. The van der Waals surface area contributed by atoms with Crippen LogP contribution >= 0.6 is 0 Å². The van der Waals surface area contributed by atoms with Gasteiger partial charge in [0, 0.05) is 5.92 Å². The van der Waals surface area contributed by atoms with Gasteiger partial charge < -0.3 is 15.2 Å². The van der Waals surface area contributed by atoms with Crippen molar-refractivity contribution in [1.82, 2.24) is 0 Å². The molecule has 2 aromatic carbocycles. The fourth-order valence-electron chi connectivity index (χ4n) is 3.65. The van der Waals surface area contributed by atoms with Crippen LogP contribution in [-0.4, -0.2) is 36.1 Å². The van der Waals surface area contributed by atoms with Crippen LogP contribution in [0.2, 0.25) is 0 Å². The second-order valence-corrected chi connectivity index (χ2v) is 8.15. The molecule has 1 aliphatic rings. The molecule has 5 heteroatoms. The molecule has 0 heterocycles. The second-order valence-electron chi connectivity index (χ2n) is 8.15. The first-order valence-electron chi connectivity index (χ1n) is 9.51. The molecule has 2 aromatic rings. The number of fused-ring (bicyclic) bond motifs is 3. The Morgan fingerprint density at radius 2 is 1.50 bits per heavy atom. The summed E-state index contributed by atoms with van der Waals surface area (Å²) < 4.78 is 11.1. The number of Topliss-reactive ketones (excluding diaryl/α,β-unsaturated/α-hetero) is 1. The Balaban J connectivity index is 1.69. The fraction of sp³-hybridized carbons (Fsp3) is 0.391. The van der Waals surface area contributed by atoms with E-state index in [1.54, 1.807) is 6.92 Å². The zero-order valence-electron chi connectivity index (χ0n) is 16.8. The number of hydrogen-bond acceptors (Lipinski definition) is 5. The molecule has 0 aliphatic heterocycles. The molecular formula is C23H27NO4. The molecule has 0 saturated heterocycles. The summed E-state index contributed by atoms with van der Waals surface area (Å²) in [6.45, 7) is 7.39.